The third-order valence-corrected chi connectivity index (χ3v) is 5.69. The molecule has 0 aliphatic carbocycles. The van der Waals surface area contributed by atoms with Crippen LogP contribution in [0.1, 0.15) is 31.0 Å². The van der Waals surface area contributed by atoms with Crippen molar-refractivity contribution in [2.75, 3.05) is 6.54 Å². The molecule has 0 spiro atoms. The van der Waals surface area contributed by atoms with Crippen LogP contribution >= 0.6 is 0 Å². The minimum atomic E-state index is 0.637. The Kier molecular flexibility index (Phi) is 4.45. The first kappa shape index (κ1) is 17.2. The summed E-state index contributed by atoms with van der Waals surface area (Å²) < 4.78 is 7.78. The van der Waals surface area contributed by atoms with Crippen LogP contribution in [-0.2, 0) is 13.1 Å². The van der Waals surface area contributed by atoms with Gasteiger partial charge in [-0.3, -0.25) is 9.58 Å². The number of nitrogens with zero attached hydrogens (tertiary/aromatic N) is 4. The van der Waals surface area contributed by atoms with Gasteiger partial charge in [0.15, 0.2) is 0 Å². The Morgan fingerprint density at radius 2 is 1.93 bits per heavy atom. The normalized spacial score (nSPS) is 17.5. The number of benzene rings is 2. The van der Waals surface area contributed by atoms with Crippen molar-refractivity contribution < 1.29 is 4.42 Å². The monoisotopic (exact) mass is 372 g/mol. The minimum absolute atomic E-state index is 0.637. The van der Waals surface area contributed by atoms with Crippen LogP contribution in [0.15, 0.2) is 65.4 Å². The Hall–Kier alpha value is -2.92. The molecule has 4 aromatic rings. The van der Waals surface area contributed by atoms with Crippen LogP contribution < -0.4 is 0 Å². The Bertz CT molecular complexity index is 1080. The first-order valence-corrected chi connectivity index (χ1v) is 9.94. The van der Waals surface area contributed by atoms with Crippen LogP contribution in [0.25, 0.3) is 22.4 Å². The Balaban J connectivity index is 1.30. The lowest BCUT2D eigenvalue weighted by atomic mass is 10.1. The predicted molar refractivity (Wildman–Crippen MR) is 110 cm³/mol. The molecule has 0 radical (unpaired) electrons. The molecule has 2 aromatic heterocycles. The molecule has 0 saturated carbocycles. The van der Waals surface area contributed by atoms with Gasteiger partial charge in [0.05, 0.1) is 24.0 Å². The van der Waals surface area contributed by atoms with Crippen molar-refractivity contribution in [3.8, 4) is 11.5 Å². The molecular formula is C23H24N4O. The van der Waals surface area contributed by atoms with Crippen molar-refractivity contribution in [2.24, 2.45) is 0 Å². The van der Waals surface area contributed by atoms with E-state index in [0.29, 0.717) is 11.9 Å². The second-order valence-corrected chi connectivity index (χ2v) is 7.66. The van der Waals surface area contributed by atoms with E-state index in [2.05, 4.69) is 53.3 Å². The van der Waals surface area contributed by atoms with Crippen molar-refractivity contribution in [3.05, 3.63) is 72.2 Å². The minimum Gasteiger partial charge on any atom is -0.444 e. The summed E-state index contributed by atoms with van der Waals surface area (Å²) in [6.07, 6.45) is 6.26. The van der Waals surface area contributed by atoms with Crippen molar-refractivity contribution >= 4 is 10.9 Å². The molecule has 5 heteroatoms. The summed E-state index contributed by atoms with van der Waals surface area (Å²) in [5.74, 6) is 0.693. The SMILES string of the molecule is C[C@H]1CCCN1Cc1coc(-c2ccc(Cn3ncc4ccccc43)cc2)n1. The Morgan fingerprint density at radius 3 is 2.75 bits per heavy atom. The topological polar surface area (TPSA) is 47.1 Å². The van der Waals surface area contributed by atoms with Gasteiger partial charge in [-0.05, 0) is 50.1 Å². The molecule has 3 heterocycles. The van der Waals surface area contributed by atoms with E-state index in [0.717, 1.165) is 36.4 Å². The number of hydrogen-bond acceptors (Lipinski definition) is 4. The number of hydrogen-bond donors (Lipinski definition) is 0. The van der Waals surface area contributed by atoms with Gasteiger partial charge in [-0.2, -0.15) is 5.10 Å². The molecule has 0 N–H and O–H groups in total. The van der Waals surface area contributed by atoms with E-state index in [9.17, 15) is 0 Å². The first-order valence-electron chi connectivity index (χ1n) is 9.94. The maximum atomic E-state index is 5.74. The summed E-state index contributed by atoms with van der Waals surface area (Å²) >= 11 is 0. The highest BCUT2D eigenvalue weighted by Crippen LogP contribution is 2.23. The fourth-order valence-electron chi connectivity index (χ4n) is 4.03. The molecule has 142 valence electrons. The fraction of sp³-hybridized carbons (Fsp3) is 0.304. The molecule has 5 rings (SSSR count). The van der Waals surface area contributed by atoms with E-state index in [1.54, 1.807) is 6.26 Å². The summed E-state index contributed by atoms with van der Waals surface area (Å²) in [5, 5.41) is 5.68. The lowest BCUT2D eigenvalue weighted by Gasteiger charge is -2.18. The largest absolute Gasteiger partial charge is 0.444 e. The molecule has 0 unspecified atom stereocenters. The first-order chi connectivity index (χ1) is 13.8. The van der Waals surface area contributed by atoms with Gasteiger partial charge < -0.3 is 4.42 Å². The lowest BCUT2D eigenvalue weighted by molar-refractivity contribution is 0.257. The van der Waals surface area contributed by atoms with Crippen molar-refractivity contribution in [3.63, 3.8) is 0 Å². The summed E-state index contributed by atoms with van der Waals surface area (Å²) in [6, 6.07) is 17.3. The van der Waals surface area contributed by atoms with Gasteiger partial charge in [0, 0.05) is 23.5 Å². The third-order valence-electron chi connectivity index (χ3n) is 5.69. The van der Waals surface area contributed by atoms with Crippen LogP contribution in [-0.4, -0.2) is 32.3 Å². The summed E-state index contributed by atoms with van der Waals surface area (Å²) in [4.78, 5) is 7.17. The summed E-state index contributed by atoms with van der Waals surface area (Å²) in [6.45, 7) is 5.06. The molecule has 1 atom stereocenters. The zero-order valence-electron chi connectivity index (χ0n) is 16.1. The highest BCUT2D eigenvalue weighted by Gasteiger charge is 2.21. The highest BCUT2D eigenvalue weighted by molar-refractivity contribution is 5.78. The second-order valence-electron chi connectivity index (χ2n) is 7.66. The van der Waals surface area contributed by atoms with E-state index < -0.39 is 0 Å². The summed E-state index contributed by atoms with van der Waals surface area (Å²) in [5.41, 5.74) is 4.38. The number of para-hydroxylation sites is 1. The smallest absolute Gasteiger partial charge is 0.226 e. The average molecular weight is 372 g/mol. The van der Waals surface area contributed by atoms with E-state index >= 15 is 0 Å². The predicted octanol–water partition coefficient (Wildman–Crippen LogP) is 4.72. The number of aromatic nitrogens is 3. The summed E-state index contributed by atoms with van der Waals surface area (Å²) in [7, 11) is 0. The van der Waals surface area contributed by atoms with Gasteiger partial charge in [0.25, 0.3) is 0 Å². The number of oxazole rings is 1. The lowest BCUT2D eigenvalue weighted by Crippen LogP contribution is -2.26. The van der Waals surface area contributed by atoms with E-state index in [-0.39, 0.29) is 0 Å². The van der Waals surface area contributed by atoms with Gasteiger partial charge in [0.1, 0.15) is 6.26 Å². The van der Waals surface area contributed by atoms with Crippen LogP contribution in [0.5, 0.6) is 0 Å². The molecule has 0 amide bonds. The van der Waals surface area contributed by atoms with Crippen molar-refractivity contribution in [1.29, 1.82) is 0 Å². The van der Waals surface area contributed by atoms with Crippen molar-refractivity contribution in [2.45, 2.75) is 38.9 Å². The zero-order chi connectivity index (χ0) is 18.9. The maximum absolute atomic E-state index is 5.74. The molecular weight excluding hydrogens is 348 g/mol. The van der Waals surface area contributed by atoms with Crippen LogP contribution in [0.2, 0.25) is 0 Å². The molecule has 5 nitrogen and oxygen atoms in total. The molecule has 1 saturated heterocycles. The third kappa shape index (κ3) is 3.34. The van der Waals surface area contributed by atoms with Crippen molar-refractivity contribution in [1.82, 2.24) is 19.7 Å². The van der Waals surface area contributed by atoms with E-state index in [4.69, 9.17) is 9.40 Å². The molecule has 0 bridgehead atoms. The average Bonchev–Trinajstić information content (AvgIpc) is 3.45. The number of likely N-dealkylation sites (tertiary alicyclic amines) is 1. The standard InChI is InChI=1S/C23H24N4O/c1-17-5-4-12-26(17)15-21-16-28-23(25-21)19-10-8-18(9-11-19)14-27-22-7-3-2-6-20(22)13-24-27/h2-3,6-11,13,16-17H,4-5,12,14-15H2,1H3/t17-/m0/s1. The van der Waals surface area contributed by atoms with Gasteiger partial charge in [-0.15, -0.1) is 0 Å². The van der Waals surface area contributed by atoms with Gasteiger partial charge in [-0.25, -0.2) is 4.98 Å². The molecule has 2 aromatic carbocycles. The second kappa shape index (κ2) is 7.24. The molecule has 1 fully saturated rings. The quantitative estimate of drug-likeness (QED) is 0.508. The fourth-order valence-corrected chi connectivity index (χ4v) is 4.03. The van der Waals surface area contributed by atoms with Crippen LogP contribution in [0, 0.1) is 0 Å². The van der Waals surface area contributed by atoms with E-state index in [1.807, 2.05) is 23.0 Å². The zero-order valence-corrected chi connectivity index (χ0v) is 16.1. The van der Waals surface area contributed by atoms with Gasteiger partial charge in [-0.1, -0.05) is 30.3 Å². The van der Waals surface area contributed by atoms with Gasteiger partial charge >= 0.3 is 0 Å². The van der Waals surface area contributed by atoms with Gasteiger partial charge in [0.2, 0.25) is 5.89 Å². The molecule has 1 aliphatic rings. The number of fused-ring (bicyclic) bond motifs is 1. The molecule has 1 aliphatic heterocycles. The maximum Gasteiger partial charge on any atom is 0.226 e. The van der Waals surface area contributed by atoms with E-state index in [1.165, 1.54) is 23.8 Å². The molecule has 28 heavy (non-hydrogen) atoms. The Morgan fingerprint density at radius 1 is 1.07 bits per heavy atom. The highest BCUT2D eigenvalue weighted by atomic mass is 16.3. The van der Waals surface area contributed by atoms with Crippen LogP contribution in [0.4, 0.5) is 0 Å². The Labute approximate surface area is 164 Å². The number of rotatable bonds is 5. The van der Waals surface area contributed by atoms with Crippen LogP contribution in [0.3, 0.4) is 0 Å².